The lowest BCUT2D eigenvalue weighted by atomic mass is 9.77. The quantitative estimate of drug-likeness (QED) is 0.398. The van der Waals surface area contributed by atoms with E-state index in [-0.39, 0.29) is 28.9 Å². The zero-order valence-electron chi connectivity index (χ0n) is 22.0. The molecule has 0 radical (unpaired) electrons. The molecule has 5 N–H and O–H groups in total. The van der Waals surface area contributed by atoms with Crippen LogP contribution in [-0.4, -0.2) is 48.1 Å². The highest BCUT2D eigenvalue weighted by Crippen LogP contribution is 2.43. The fraction of sp³-hybridized carbons (Fsp3) is 0.333. The van der Waals surface area contributed by atoms with Crippen LogP contribution in [0.3, 0.4) is 0 Å². The largest absolute Gasteiger partial charge is 0.494 e. The molecule has 2 aliphatic rings. The van der Waals surface area contributed by atoms with Crippen LogP contribution < -0.4 is 15.8 Å². The predicted molar refractivity (Wildman–Crippen MR) is 146 cm³/mol. The van der Waals surface area contributed by atoms with Crippen LogP contribution in [0.2, 0.25) is 0 Å². The van der Waals surface area contributed by atoms with Gasteiger partial charge in [-0.3, -0.25) is 9.69 Å². The van der Waals surface area contributed by atoms with Crippen molar-refractivity contribution < 1.29 is 23.8 Å². The number of halogens is 1. The lowest BCUT2D eigenvalue weighted by Crippen LogP contribution is -2.41. The summed E-state index contributed by atoms with van der Waals surface area (Å²) in [7, 11) is 0. The second-order valence-electron chi connectivity index (χ2n) is 10.1. The Bertz CT molecular complexity index is 1300. The first-order chi connectivity index (χ1) is 17.9. The smallest absolute Gasteiger partial charge is 0.335 e. The van der Waals surface area contributed by atoms with Gasteiger partial charge in [-0.25, -0.2) is 9.18 Å². The number of quaternary nitrogens is 1. The van der Waals surface area contributed by atoms with Crippen LogP contribution in [0.25, 0.3) is 11.1 Å². The van der Waals surface area contributed by atoms with Gasteiger partial charge in [0.1, 0.15) is 11.6 Å². The lowest BCUT2D eigenvalue weighted by molar-refractivity contribution is -0.118. The lowest BCUT2D eigenvalue weighted by Gasteiger charge is -2.39. The van der Waals surface area contributed by atoms with Crippen LogP contribution in [-0.2, 0) is 11.3 Å². The number of carbonyl (C=O) groups is 2. The van der Waals surface area contributed by atoms with Gasteiger partial charge in [0.2, 0.25) is 5.91 Å². The van der Waals surface area contributed by atoms with Crippen LogP contribution in [0.4, 0.5) is 10.1 Å². The number of benzene rings is 3. The minimum atomic E-state index is -0.976. The minimum absolute atomic E-state index is 0. The van der Waals surface area contributed by atoms with E-state index < -0.39 is 5.97 Å². The number of amides is 1. The Morgan fingerprint density at radius 2 is 1.76 bits per heavy atom. The normalized spacial score (nSPS) is 16.9. The van der Waals surface area contributed by atoms with Crippen molar-refractivity contribution in [3.05, 3.63) is 83.7 Å². The SMILES string of the molecule is CCOc1cc(CN2CCC3(CC2)CC(=O)N(c2ccc(C(=O)O)cc2)C3)cc(-c2ccccc2F)c1.[NH4+]. The molecule has 2 fully saturated rings. The number of likely N-dealkylation sites (tertiary alicyclic amines) is 1. The molecule has 7 nitrogen and oxygen atoms in total. The summed E-state index contributed by atoms with van der Waals surface area (Å²) in [5.74, 6) is -0.404. The van der Waals surface area contributed by atoms with E-state index in [1.54, 1.807) is 41.3 Å². The number of piperidine rings is 1. The molecule has 1 amide bonds. The number of carbonyl (C=O) groups excluding carboxylic acids is 1. The minimum Gasteiger partial charge on any atom is -0.494 e. The van der Waals surface area contributed by atoms with Crippen molar-refractivity contribution >= 4 is 17.6 Å². The van der Waals surface area contributed by atoms with Gasteiger partial charge in [0.25, 0.3) is 0 Å². The summed E-state index contributed by atoms with van der Waals surface area (Å²) in [6.07, 6.45) is 2.33. The van der Waals surface area contributed by atoms with Gasteiger partial charge >= 0.3 is 5.97 Å². The number of nitrogens with zero attached hydrogens (tertiary/aromatic N) is 2. The van der Waals surface area contributed by atoms with E-state index in [1.165, 1.54) is 6.07 Å². The maximum absolute atomic E-state index is 14.5. The molecule has 3 aromatic carbocycles. The zero-order valence-corrected chi connectivity index (χ0v) is 22.0. The monoisotopic (exact) mass is 520 g/mol. The third-order valence-corrected chi connectivity index (χ3v) is 7.53. The van der Waals surface area contributed by atoms with E-state index in [1.807, 2.05) is 31.2 Å². The van der Waals surface area contributed by atoms with E-state index >= 15 is 0 Å². The number of hydrogen-bond acceptors (Lipinski definition) is 4. The molecule has 8 heteroatoms. The molecule has 38 heavy (non-hydrogen) atoms. The van der Waals surface area contributed by atoms with Gasteiger partial charge in [0, 0.05) is 30.8 Å². The molecule has 200 valence electrons. The second kappa shape index (κ2) is 11.3. The summed E-state index contributed by atoms with van der Waals surface area (Å²) >= 11 is 0. The number of aromatic carboxylic acids is 1. The van der Waals surface area contributed by atoms with Crippen LogP contribution in [0, 0.1) is 11.2 Å². The number of hydrogen-bond donors (Lipinski definition) is 2. The molecule has 2 heterocycles. The van der Waals surface area contributed by atoms with Crippen LogP contribution >= 0.6 is 0 Å². The number of ether oxygens (including phenoxy) is 1. The number of rotatable bonds is 7. The van der Waals surface area contributed by atoms with Crippen molar-refractivity contribution in [2.24, 2.45) is 5.41 Å². The molecule has 0 unspecified atom stereocenters. The number of carboxylic acid groups (broad SMARTS) is 1. The zero-order chi connectivity index (χ0) is 26.0. The van der Waals surface area contributed by atoms with Crippen molar-refractivity contribution in [3.63, 3.8) is 0 Å². The van der Waals surface area contributed by atoms with Crippen molar-refractivity contribution in [1.82, 2.24) is 11.1 Å². The molecule has 1 spiro atoms. The maximum Gasteiger partial charge on any atom is 0.335 e. The van der Waals surface area contributed by atoms with E-state index in [9.17, 15) is 14.0 Å². The first-order valence-electron chi connectivity index (χ1n) is 12.7. The molecule has 0 saturated carbocycles. The van der Waals surface area contributed by atoms with Gasteiger partial charge in [-0.05, 0) is 97.9 Å². The van der Waals surface area contributed by atoms with E-state index in [0.717, 1.165) is 55.0 Å². The first-order valence-corrected chi connectivity index (χ1v) is 12.7. The van der Waals surface area contributed by atoms with Gasteiger partial charge in [-0.15, -0.1) is 0 Å². The Morgan fingerprint density at radius 3 is 2.42 bits per heavy atom. The molecule has 3 aromatic rings. The fourth-order valence-corrected chi connectivity index (χ4v) is 5.55. The molecule has 0 aliphatic carbocycles. The van der Waals surface area contributed by atoms with Crippen molar-refractivity contribution in [3.8, 4) is 16.9 Å². The number of carboxylic acids is 1. The summed E-state index contributed by atoms with van der Waals surface area (Å²) in [5.41, 5.74) is 3.34. The highest BCUT2D eigenvalue weighted by Gasteiger charge is 2.45. The first kappa shape index (κ1) is 27.3. The summed E-state index contributed by atoms with van der Waals surface area (Å²) in [6, 6.07) is 19.3. The van der Waals surface area contributed by atoms with E-state index in [4.69, 9.17) is 9.84 Å². The molecule has 5 rings (SSSR count). The van der Waals surface area contributed by atoms with Crippen molar-refractivity contribution in [2.45, 2.75) is 32.7 Å². The van der Waals surface area contributed by atoms with Crippen LogP contribution in [0.5, 0.6) is 5.75 Å². The highest BCUT2D eigenvalue weighted by atomic mass is 19.1. The van der Waals surface area contributed by atoms with E-state index in [2.05, 4.69) is 4.90 Å². The molecule has 0 atom stereocenters. The van der Waals surface area contributed by atoms with Gasteiger partial charge in [-0.1, -0.05) is 18.2 Å². The van der Waals surface area contributed by atoms with Crippen LogP contribution in [0.15, 0.2) is 66.7 Å². The van der Waals surface area contributed by atoms with Crippen molar-refractivity contribution in [2.75, 3.05) is 31.1 Å². The van der Waals surface area contributed by atoms with Gasteiger partial charge in [-0.2, -0.15) is 0 Å². The van der Waals surface area contributed by atoms with Gasteiger partial charge in [0.15, 0.2) is 0 Å². The maximum atomic E-state index is 14.5. The molecular formula is C30H35FN3O4+. The summed E-state index contributed by atoms with van der Waals surface area (Å²) in [5, 5.41) is 9.14. The molecular weight excluding hydrogens is 485 g/mol. The standard InChI is InChI=1S/C30H31FN2O4.H3N/c1-2-37-25-16-21(15-23(17-25)26-5-3-4-6-27(26)31)19-32-13-11-30(12-14-32)18-28(34)33(20-30)24-9-7-22(8-10-24)29(35)36;/h3-10,15-17H,2,11-14,18-20H2,1H3,(H,35,36);1H3/p+1. The predicted octanol–water partition coefficient (Wildman–Crippen LogP) is 5.98. The number of anilines is 1. The second-order valence-corrected chi connectivity index (χ2v) is 10.1. The summed E-state index contributed by atoms with van der Waals surface area (Å²) < 4.78 is 20.3. The topological polar surface area (TPSA) is 107 Å². The average Bonchev–Trinajstić information content (AvgIpc) is 3.21. The van der Waals surface area contributed by atoms with Crippen LogP contribution in [0.1, 0.15) is 42.1 Å². The molecule has 2 saturated heterocycles. The fourth-order valence-electron chi connectivity index (χ4n) is 5.55. The van der Waals surface area contributed by atoms with E-state index in [0.29, 0.717) is 25.1 Å². The molecule has 0 aromatic heterocycles. The highest BCUT2D eigenvalue weighted by molar-refractivity contribution is 5.97. The van der Waals surface area contributed by atoms with Gasteiger partial charge < -0.3 is 20.9 Å². The summed E-state index contributed by atoms with van der Waals surface area (Å²) in [6.45, 7) is 5.60. The Balaban J connectivity index is 0.00000336. The summed E-state index contributed by atoms with van der Waals surface area (Å²) in [4.78, 5) is 28.2. The Labute approximate surface area is 222 Å². The Hall–Kier alpha value is -3.75. The third-order valence-electron chi connectivity index (χ3n) is 7.53. The van der Waals surface area contributed by atoms with Crippen molar-refractivity contribution in [1.29, 1.82) is 0 Å². The Morgan fingerprint density at radius 1 is 1.05 bits per heavy atom. The van der Waals surface area contributed by atoms with Gasteiger partial charge in [0.05, 0.1) is 12.2 Å². The molecule has 0 bridgehead atoms. The molecule has 2 aliphatic heterocycles. The Kier molecular flexibility index (Phi) is 8.14. The average molecular weight is 521 g/mol. The third kappa shape index (κ3) is 5.71.